The van der Waals surface area contributed by atoms with E-state index in [1.165, 1.54) is 17.6 Å². The number of nitrogens with one attached hydrogen (secondary N) is 1. The second kappa shape index (κ2) is 9.23. The molecular formula is C26H23FN4O2S. The highest BCUT2D eigenvalue weighted by atomic mass is 32.1. The van der Waals surface area contributed by atoms with E-state index in [-0.39, 0.29) is 17.6 Å². The van der Waals surface area contributed by atoms with Crippen LogP contribution in [-0.2, 0) is 0 Å². The van der Waals surface area contributed by atoms with Crippen molar-refractivity contribution in [3.8, 4) is 0 Å². The first-order valence-electron chi connectivity index (χ1n) is 11.1. The summed E-state index contributed by atoms with van der Waals surface area (Å²) < 4.78 is 19.4. The van der Waals surface area contributed by atoms with Crippen molar-refractivity contribution in [2.45, 2.75) is 6.92 Å². The molecule has 34 heavy (non-hydrogen) atoms. The van der Waals surface area contributed by atoms with Crippen LogP contribution in [-0.4, -0.2) is 47.3 Å². The maximum absolute atomic E-state index is 14.1. The molecular weight excluding hydrogens is 451 g/mol. The highest BCUT2D eigenvalue weighted by Gasteiger charge is 2.24. The van der Waals surface area contributed by atoms with E-state index in [9.17, 15) is 14.0 Å². The monoisotopic (exact) mass is 474 g/mol. The van der Waals surface area contributed by atoms with E-state index in [0.29, 0.717) is 48.8 Å². The number of nitrogens with zero attached hydrogens (tertiary/aromatic N) is 3. The van der Waals surface area contributed by atoms with Gasteiger partial charge in [-0.15, -0.1) is 0 Å². The van der Waals surface area contributed by atoms with Crippen molar-refractivity contribution in [1.82, 2.24) is 9.27 Å². The molecule has 3 aromatic carbocycles. The highest BCUT2D eigenvalue weighted by molar-refractivity contribution is 7.13. The lowest BCUT2D eigenvalue weighted by atomic mass is 10.1. The fraction of sp³-hybridized carbons (Fsp3) is 0.192. The van der Waals surface area contributed by atoms with Crippen LogP contribution >= 0.6 is 11.5 Å². The number of rotatable bonds is 4. The molecule has 0 aliphatic carbocycles. The minimum absolute atomic E-state index is 0.109. The van der Waals surface area contributed by atoms with Gasteiger partial charge in [-0.25, -0.2) is 4.39 Å². The van der Waals surface area contributed by atoms with Gasteiger partial charge in [-0.2, -0.15) is 4.37 Å². The molecule has 0 atom stereocenters. The van der Waals surface area contributed by atoms with E-state index >= 15 is 0 Å². The lowest BCUT2D eigenvalue weighted by Gasteiger charge is -2.36. The SMILES string of the molecule is Cc1ccc(C(=O)N2CCN(c3ccccc3F)CC2)cc1NC(=O)c1nsc2ccccc12. The molecule has 2 heterocycles. The van der Waals surface area contributed by atoms with Crippen LogP contribution in [0.15, 0.2) is 66.7 Å². The van der Waals surface area contributed by atoms with E-state index in [1.807, 2.05) is 48.2 Å². The van der Waals surface area contributed by atoms with E-state index in [1.54, 1.807) is 29.2 Å². The van der Waals surface area contributed by atoms with Crippen LogP contribution in [0.3, 0.4) is 0 Å². The highest BCUT2D eigenvalue weighted by Crippen LogP contribution is 2.25. The average Bonchev–Trinajstić information content (AvgIpc) is 3.30. The number of para-hydroxylation sites is 1. The third-order valence-corrected chi connectivity index (χ3v) is 6.91. The number of aromatic nitrogens is 1. The molecule has 0 saturated carbocycles. The zero-order chi connectivity index (χ0) is 23.7. The Kier molecular flexibility index (Phi) is 5.98. The summed E-state index contributed by atoms with van der Waals surface area (Å²) in [6.45, 7) is 3.98. The average molecular weight is 475 g/mol. The van der Waals surface area contributed by atoms with Crippen molar-refractivity contribution in [3.05, 3.63) is 89.4 Å². The van der Waals surface area contributed by atoms with Crippen LogP contribution in [0.4, 0.5) is 15.8 Å². The first kappa shape index (κ1) is 22.0. The molecule has 5 rings (SSSR count). The van der Waals surface area contributed by atoms with Crippen molar-refractivity contribution < 1.29 is 14.0 Å². The van der Waals surface area contributed by atoms with Gasteiger partial charge in [0.2, 0.25) is 0 Å². The lowest BCUT2D eigenvalue weighted by molar-refractivity contribution is 0.0746. The normalized spacial score (nSPS) is 13.8. The number of hydrogen-bond acceptors (Lipinski definition) is 5. The summed E-state index contributed by atoms with van der Waals surface area (Å²) in [5, 5.41) is 3.73. The van der Waals surface area contributed by atoms with Crippen molar-refractivity contribution in [2.75, 3.05) is 36.4 Å². The molecule has 0 bridgehead atoms. The van der Waals surface area contributed by atoms with Gasteiger partial charge in [-0.1, -0.05) is 36.4 Å². The van der Waals surface area contributed by atoms with Gasteiger partial charge in [0.15, 0.2) is 0 Å². The number of anilines is 2. The molecule has 1 aliphatic heterocycles. The van der Waals surface area contributed by atoms with Gasteiger partial charge in [0.1, 0.15) is 11.5 Å². The van der Waals surface area contributed by atoms with Gasteiger partial charge < -0.3 is 15.1 Å². The zero-order valence-electron chi connectivity index (χ0n) is 18.6. The number of piperazine rings is 1. The molecule has 8 heteroatoms. The topological polar surface area (TPSA) is 65.5 Å². The number of hydrogen-bond donors (Lipinski definition) is 1. The largest absolute Gasteiger partial charge is 0.366 e. The van der Waals surface area contributed by atoms with Gasteiger partial charge in [-0.3, -0.25) is 9.59 Å². The molecule has 1 N–H and O–H groups in total. The molecule has 4 aromatic rings. The number of benzene rings is 3. The van der Waals surface area contributed by atoms with Crippen LogP contribution < -0.4 is 10.2 Å². The molecule has 1 aliphatic rings. The van der Waals surface area contributed by atoms with Gasteiger partial charge in [-0.05, 0) is 54.4 Å². The zero-order valence-corrected chi connectivity index (χ0v) is 19.4. The van der Waals surface area contributed by atoms with Crippen LogP contribution in [0.5, 0.6) is 0 Å². The van der Waals surface area contributed by atoms with E-state index in [4.69, 9.17) is 0 Å². The second-order valence-electron chi connectivity index (χ2n) is 8.24. The first-order valence-corrected chi connectivity index (χ1v) is 11.8. The van der Waals surface area contributed by atoms with E-state index < -0.39 is 0 Å². The molecule has 0 spiro atoms. The fourth-order valence-electron chi connectivity index (χ4n) is 4.16. The van der Waals surface area contributed by atoms with Gasteiger partial charge in [0.05, 0.1) is 10.4 Å². The first-order chi connectivity index (χ1) is 16.5. The third kappa shape index (κ3) is 4.24. The summed E-state index contributed by atoms with van der Waals surface area (Å²) in [7, 11) is 0. The van der Waals surface area contributed by atoms with Gasteiger partial charge >= 0.3 is 0 Å². The molecule has 0 unspecified atom stereocenters. The molecule has 6 nitrogen and oxygen atoms in total. The maximum Gasteiger partial charge on any atom is 0.276 e. The Balaban J connectivity index is 1.29. The Labute approximate surface area is 200 Å². The molecule has 0 radical (unpaired) electrons. The van der Waals surface area contributed by atoms with Crippen molar-refractivity contribution in [2.24, 2.45) is 0 Å². The Hall–Kier alpha value is -3.78. The van der Waals surface area contributed by atoms with Crippen molar-refractivity contribution in [3.63, 3.8) is 0 Å². The minimum Gasteiger partial charge on any atom is -0.366 e. The summed E-state index contributed by atoms with van der Waals surface area (Å²) >= 11 is 1.28. The number of amides is 2. The van der Waals surface area contributed by atoms with Crippen molar-refractivity contribution >= 4 is 44.8 Å². The van der Waals surface area contributed by atoms with Crippen LogP contribution in [0.25, 0.3) is 10.1 Å². The summed E-state index contributed by atoms with van der Waals surface area (Å²) in [6.07, 6.45) is 0. The minimum atomic E-state index is -0.302. The fourth-order valence-corrected chi connectivity index (χ4v) is 4.94. The molecule has 1 aromatic heterocycles. The van der Waals surface area contributed by atoms with Crippen LogP contribution in [0.1, 0.15) is 26.4 Å². The smallest absolute Gasteiger partial charge is 0.276 e. The summed E-state index contributed by atoms with van der Waals surface area (Å²) in [6, 6.07) is 19.6. The summed E-state index contributed by atoms with van der Waals surface area (Å²) in [5.74, 6) is -0.666. The molecule has 1 saturated heterocycles. The van der Waals surface area contributed by atoms with E-state index in [2.05, 4.69) is 9.69 Å². The number of aryl methyl sites for hydroxylation is 1. The molecule has 1 fully saturated rings. The Morgan fingerprint density at radius 3 is 2.50 bits per heavy atom. The summed E-state index contributed by atoms with van der Waals surface area (Å²) in [5.41, 5.74) is 2.88. The standard InChI is InChI=1S/C26H23FN4O2S/c1-17-10-11-18(16-21(17)28-25(32)24-19-6-2-5-9-23(19)34-29-24)26(33)31-14-12-30(13-15-31)22-8-4-3-7-20(22)27/h2-11,16H,12-15H2,1H3,(H,28,32). The molecule has 2 amide bonds. The van der Waals surface area contributed by atoms with Gasteiger partial charge in [0, 0.05) is 42.8 Å². The molecule has 172 valence electrons. The number of carbonyl (C=O) groups excluding carboxylic acids is 2. The Morgan fingerprint density at radius 1 is 0.971 bits per heavy atom. The predicted octanol–water partition coefficient (Wildman–Crippen LogP) is 4.96. The Morgan fingerprint density at radius 2 is 1.71 bits per heavy atom. The number of carbonyl (C=O) groups is 2. The quantitative estimate of drug-likeness (QED) is 0.454. The van der Waals surface area contributed by atoms with Crippen LogP contribution in [0.2, 0.25) is 0 Å². The number of halogens is 1. The third-order valence-electron chi connectivity index (χ3n) is 6.09. The van der Waals surface area contributed by atoms with Crippen LogP contribution in [0, 0.1) is 12.7 Å². The van der Waals surface area contributed by atoms with E-state index in [0.717, 1.165) is 15.6 Å². The van der Waals surface area contributed by atoms with Gasteiger partial charge in [0.25, 0.3) is 11.8 Å². The predicted molar refractivity (Wildman–Crippen MR) is 133 cm³/mol. The van der Waals surface area contributed by atoms with Crippen molar-refractivity contribution in [1.29, 1.82) is 0 Å². The summed E-state index contributed by atoms with van der Waals surface area (Å²) in [4.78, 5) is 29.8. The second-order valence-corrected chi connectivity index (χ2v) is 9.05. The lowest BCUT2D eigenvalue weighted by Crippen LogP contribution is -2.49. The maximum atomic E-state index is 14.1. The Bertz CT molecular complexity index is 1380. The number of fused-ring (bicyclic) bond motifs is 1.